The molecule has 84 valence electrons. The highest BCUT2D eigenvalue weighted by Gasteiger charge is 2.09. The van der Waals surface area contributed by atoms with Crippen molar-refractivity contribution in [1.82, 2.24) is 4.98 Å². The fourth-order valence-electron chi connectivity index (χ4n) is 1.78. The monoisotopic (exact) mass is 279 g/mol. The second kappa shape index (κ2) is 4.30. The maximum Gasteiger partial charge on any atom is 0.0812 e. The van der Waals surface area contributed by atoms with Gasteiger partial charge in [-0.3, -0.25) is 0 Å². The molecule has 1 heterocycles. The fraction of sp³-hybridized carbons (Fsp3) is 0. The van der Waals surface area contributed by atoms with Crippen LogP contribution in [0.25, 0.3) is 21.3 Å². The Morgan fingerprint density at radius 1 is 1.00 bits per heavy atom. The molecule has 0 radical (unpaired) electrons. The van der Waals surface area contributed by atoms with Crippen LogP contribution in [0.3, 0.4) is 0 Å². The van der Waals surface area contributed by atoms with Gasteiger partial charge >= 0.3 is 0 Å². The van der Waals surface area contributed by atoms with E-state index in [1.54, 1.807) is 11.3 Å². The Hall–Kier alpha value is -1.09. The molecule has 0 aliphatic heterocycles. The van der Waals surface area contributed by atoms with E-state index in [0.717, 1.165) is 21.3 Å². The first-order valence-electron chi connectivity index (χ1n) is 5.03. The molecular formula is C13H7Cl2NS. The predicted octanol–water partition coefficient (Wildman–Crippen LogP) is 5.27. The van der Waals surface area contributed by atoms with Crippen molar-refractivity contribution >= 4 is 44.8 Å². The van der Waals surface area contributed by atoms with Gasteiger partial charge in [-0.05, 0) is 29.8 Å². The van der Waals surface area contributed by atoms with Crippen LogP contribution in [0.4, 0.5) is 0 Å². The van der Waals surface area contributed by atoms with E-state index in [2.05, 4.69) is 11.1 Å². The van der Waals surface area contributed by atoms with Crippen LogP contribution >= 0.6 is 34.5 Å². The van der Waals surface area contributed by atoms with Crippen molar-refractivity contribution in [2.24, 2.45) is 0 Å². The first-order valence-corrected chi connectivity index (χ1v) is 6.67. The van der Waals surface area contributed by atoms with Crippen LogP contribution in [-0.4, -0.2) is 4.98 Å². The van der Waals surface area contributed by atoms with E-state index in [9.17, 15) is 0 Å². The number of benzene rings is 2. The Kier molecular flexibility index (Phi) is 2.79. The van der Waals surface area contributed by atoms with Gasteiger partial charge in [0.2, 0.25) is 0 Å². The predicted molar refractivity (Wildman–Crippen MR) is 75.1 cm³/mol. The Bertz CT molecular complexity index is 670. The molecule has 0 spiro atoms. The lowest BCUT2D eigenvalue weighted by Gasteiger charge is -2.06. The summed E-state index contributed by atoms with van der Waals surface area (Å²) in [7, 11) is 0. The summed E-state index contributed by atoms with van der Waals surface area (Å²) < 4.78 is 1.14. The van der Waals surface area contributed by atoms with Crippen LogP contribution in [0.1, 0.15) is 0 Å². The maximum atomic E-state index is 6.19. The van der Waals surface area contributed by atoms with Gasteiger partial charge in [0.15, 0.2) is 0 Å². The number of halogens is 2. The summed E-state index contributed by atoms with van der Waals surface area (Å²) in [5, 5.41) is 1.34. The minimum Gasteiger partial charge on any atom is -0.245 e. The normalized spacial score (nSPS) is 10.9. The second-order valence-corrected chi connectivity index (χ2v) is 5.33. The van der Waals surface area contributed by atoms with Crippen LogP contribution in [0.2, 0.25) is 10.0 Å². The molecule has 4 heteroatoms. The number of thiazole rings is 1. The van der Waals surface area contributed by atoms with Crippen molar-refractivity contribution in [3.05, 3.63) is 52.0 Å². The molecule has 0 saturated carbocycles. The topological polar surface area (TPSA) is 12.9 Å². The third-order valence-electron chi connectivity index (χ3n) is 2.58. The van der Waals surface area contributed by atoms with E-state index in [1.165, 1.54) is 0 Å². The zero-order chi connectivity index (χ0) is 11.8. The standard InChI is InChI=1S/C13H7Cl2NS/c14-9-2-1-3-10(15)13(9)8-4-5-11-12(6-8)17-7-16-11/h1-7H. The van der Waals surface area contributed by atoms with E-state index in [4.69, 9.17) is 23.2 Å². The number of rotatable bonds is 1. The van der Waals surface area contributed by atoms with Crippen LogP contribution < -0.4 is 0 Å². The first kappa shape index (κ1) is 11.0. The van der Waals surface area contributed by atoms with E-state index in [0.29, 0.717) is 10.0 Å². The van der Waals surface area contributed by atoms with Gasteiger partial charge in [-0.2, -0.15) is 0 Å². The van der Waals surface area contributed by atoms with Crippen molar-refractivity contribution in [1.29, 1.82) is 0 Å². The van der Waals surface area contributed by atoms with Gasteiger partial charge in [0.05, 0.1) is 15.7 Å². The molecular weight excluding hydrogens is 273 g/mol. The van der Waals surface area contributed by atoms with E-state index in [1.807, 2.05) is 35.8 Å². The summed E-state index contributed by atoms with van der Waals surface area (Å²) in [4.78, 5) is 4.25. The summed E-state index contributed by atoms with van der Waals surface area (Å²) in [5.74, 6) is 0. The zero-order valence-corrected chi connectivity index (χ0v) is 11.0. The van der Waals surface area contributed by atoms with Crippen LogP contribution in [0, 0.1) is 0 Å². The zero-order valence-electron chi connectivity index (χ0n) is 8.65. The van der Waals surface area contributed by atoms with Crippen molar-refractivity contribution in [2.45, 2.75) is 0 Å². The largest absolute Gasteiger partial charge is 0.245 e. The highest BCUT2D eigenvalue weighted by atomic mass is 35.5. The van der Waals surface area contributed by atoms with Gasteiger partial charge in [0.25, 0.3) is 0 Å². The van der Waals surface area contributed by atoms with Gasteiger partial charge in [0, 0.05) is 15.6 Å². The molecule has 1 aromatic heterocycles. The Morgan fingerprint density at radius 3 is 2.53 bits per heavy atom. The van der Waals surface area contributed by atoms with Crippen LogP contribution in [0.15, 0.2) is 41.9 Å². The fourth-order valence-corrected chi connectivity index (χ4v) is 3.12. The number of fused-ring (bicyclic) bond motifs is 1. The summed E-state index contributed by atoms with van der Waals surface area (Å²) in [6, 6.07) is 11.6. The molecule has 0 bridgehead atoms. The Morgan fingerprint density at radius 2 is 1.76 bits per heavy atom. The van der Waals surface area contributed by atoms with Gasteiger partial charge in [-0.25, -0.2) is 4.98 Å². The highest BCUT2D eigenvalue weighted by molar-refractivity contribution is 7.16. The molecule has 0 fully saturated rings. The molecule has 0 saturated heterocycles. The second-order valence-electron chi connectivity index (χ2n) is 3.63. The lowest BCUT2D eigenvalue weighted by atomic mass is 10.1. The van der Waals surface area contributed by atoms with Crippen molar-refractivity contribution < 1.29 is 0 Å². The van der Waals surface area contributed by atoms with Crippen LogP contribution in [0.5, 0.6) is 0 Å². The van der Waals surface area contributed by atoms with Crippen molar-refractivity contribution in [2.75, 3.05) is 0 Å². The van der Waals surface area contributed by atoms with Gasteiger partial charge in [-0.1, -0.05) is 35.3 Å². The van der Waals surface area contributed by atoms with E-state index in [-0.39, 0.29) is 0 Å². The smallest absolute Gasteiger partial charge is 0.0812 e. The van der Waals surface area contributed by atoms with E-state index >= 15 is 0 Å². The summed E-state index contributed by atoms with van der Waals surface area (Å²) >= 11 is 14.0. The number of hydrogen-bond donors (Lipinski definition) is 0. The number of nitrogens with zero attached hydrogens (tertiary/aromatic N) is 1. The van der Waals surface area contributed by atoms with Gasteiger partial charge < -0.3 is 0 Å². The summed E-state index contributed by atoms with van der Waals surface area (Å²) in [5.41, 5.74) is 4.74. The maximum absolute atomic E-state index is 6.19. The van der Waals surface area contributed by atoms with Crippen molar-refractivity contribution in [3.63, 3.8) is 0 Å². The first-order chi connectivity index (χ1) is 8.25. The number of hydrogen-bond acceptors (Lipinski definition) is 2. The van der Waals surface area contributed by atoms with Gasteiger partial charge in [0.1, 0.15) is 0 Å². The molecule has 3 rings (SSSR count). The molecule has 0 N–H and O–H groups in total. The molecule has 17 heavy (non-hydrogen) atoms. The van der Waals surface area contributed by atoms with Gasteiger partial charge in [-0.15, -0.1) is 11.3 Å². The summed E-state index contributed by atoms with van der Waals surface area (Å²) in [6.45, 7) is 0. The molecule has 0 unspecified atom stereocenters. The quantitative estimate of drug-likeness (QED) is 0.591. The molecule has 3 aromatic rings. The molecule has 2 aromatic carbocycles. The molecule has 0 atom stereocenters. The average Bonchev–Trinajstić information content (AvgIpc) is 2.76. The average molecular weight is 280 g/mol. The lowest BCUT2D eigenvalue weighted by molar-refractivity contribution is 1.50. The molecule has 0 amide bonds. The Labute approximate surface area is 113 Å². The van der Waals surface area contributed by atoms with Crippen molar-refractivity contribution in [3.8, 4) is 11.1 Å². The SMILES string of the molecule is Clc1cccc(Cl)c1-c1ccc2ncsc2c1. The molecule has 1 nitrogen and oxygen atoms in total. The third kappa shape index (κ3) is 1.93. The lowest BCUT2D eigenvalue weighted by Crippen LogP contribution is -1.81. The molecule has 0 aliphatic rings. The minimum atomic E-state index is 0.668. The number of aromatic nitrogens is 1. The third-order valence-corrected chi connectivity index (χ3v) is 4.00. The Balaban J connectivity index is 2.26. The summed E-state index contributed by atoms with van der Waals surface area (Å²) in [6.07, 6.45) is 0. The highest BCUT2D eigenvalue weighted by Crippen LogP contribution is 2.36. The van der Waals surface area contributed by atoms with Crippen LogP contribution in [-0.2, 0) is 0 Å². The van der Waals surface area contributed by atoms with E-state index < -0.39 is 0 Å². The molecule has 0 aliphatic carbocycles. The minimum absolute atomic E-state index is 0.668.